The summed E-state index contributed by atoms with van der Waals surface area (Å²) < 4.78 is 57.3. The number of nitrogens with one attached hydrogen (secondary N) is 1. The van der Waals surface area contributed by atoms with Gasteiger partial charge < -0.3 is 15.1 Å². The van der Waals surface area contributed by atoms with Gasteiger partial charge in [-0.25, -0.2) is 27.1 Å². The quantitative estimate of drug-likeness (QED) is 0.262. The predicted molar refractivity (Wildman–Crippen MR) is 159 cm³/mol. The minimum atomic E-state index is -2.61. The second-order valence-corrected chi connectivity index (χ2v) is 12.1. The minimum Gasteiger partial charge on any atom is -0.371 e. The molecule has 2 fully saturated rings. The van der Waals surface area contributed by atoms with E-state index in [1.54, 1.807) is 40.9 Å². The fourth-order valence-electron chi connectivity index (χ4n) is 6.53. The third kappa shape index (κ3) is 5.51. The molecule has 1 N–H and O–H groups in total. The van der Waals surface area contributed by atoms with E-state index in [1.165, 1.54) is 11.0 Å². The molecule has 234 valence electrons. The molecule has 0 radical (unpaired) electrons. The number of anilines is 1. The van der Waals surface area contributed by atoms with Crippen LogP contribution in [0.15, 0.2) is 54.6 Å². The molecule has 45 heavy (non-hydrogen) atoms. The maximum absolute atomic E-state index is 15.6. The first-order valence-electron chi connectivity index (χ1n) is 15.2. The molecule has 3 atom stereocenters. The highest BCUT2D eigenvalue weighted by Crippen LogP contribution is 2.42. The molecular weight excluding hydrogens is 588 g/mol. The number of amides is 2. The molecule has 8 nitrogen and oxygen atoms in total. The van der Waals surface area contributed by atoms with Gasteiger partial charge in [-0.1, -0.05) is 24.3 Å². The van der Waals surface area contributed by atoms with E-state index in [4.69, 9.17) is 0 Å². The number of aromatic nitrogens is 3. The SMILES string of the molecule is C[C@@H]1c2ccccc2C(F)CN1C(=O)c1cc(C2CC2)n2nc(-c3ccc(N4CC[C@H](C(=O)NCC(F)F)C4)cc3F)cc2n1. The van der Waals surface area contributed by atoms with E-state index in [2.05, 4.69) is 15.4 Å². The molecule has 2 amide bonds. The van der Waals surface area contributed by atoms with Crippen molar-refractivity contribution in [3.63, 3.8) is 0 Å². The summed E-state index contributed by atoms with van der Waals surface area (Å²) in [7, 11) is 0. The van der Waals surface area contributed by atoms with Crippen molar-refractivity contribution in [3.8, 4) is 11.3 Å². The molecule has 0 spiro atoms. The Balaban J connectivity index is 1.14. The van der Waals surface area contributed by atoms with Crippen molar-refractivity contribution in [1.29, 1.82) is 0 Å². The van der Waals surface area contributed by atoms with E-state index < -0.39 is 36.8 Å². The number of alkyl halides is 3. The van der Waals surface area contributed by atoms with Crippen LogP contribution in [0, 0.1) is 11.7 Å². The lowest BCUT2D eigenvalue weighted by molar-refractivity contribution is -0.125. The maximum Gasteiger partial charge on any atom is 0.273 e. The smallest absolute Gasteiger partial charge is 0.273 e. The largest absolute Gasteiger partial charge is 0.371 e. The molecule has 2 aliphatic heterocycles. The van der Waals surface area contributed by atoms with E-state index in [0.717, 1.165) is 24.1 Å². The number of rotatable bonds is 7. The lowest BCUT2D eigenvalue weighted by Gasteiger charge is -2.36. The number of carbonyl (C=O) groups is 2. The van der Waals surface area contributed by atoms with Crippen LogP contribution in [0.3, 0.4) is 0 Å². The summed E-state index contributed by atoms with van der Waals surface area (Å²) in [4.78, 5) is 34.0. The monoisotopic (exact) mass is 620 g/mol. The Morgan fingerprint density at radius 3 is 2.53 bits per heavy atom. The molecular formula is C33H32F4N6O2. The third-order valence-electron chi connectivity index (χ3n) is 9.12. The van der Waals surface area contributed by atoms with Crippen molar-refractivity contribution in [2.75, 3.05) is 31.1 Å². The molecule has 7 rings (SSSR count). The Bertz CT molecular complexity index is 1790. The van der Waals surface area contributed by atoms with Crippen molar-refractivity contribution in [2.45, 2.75) is 50.7 Å². The van der Waals surface area contributed by atoms with E-state index in [1.807, 2.05) is 24.0 Å². The van der Waals surface area contributed by atoms with Crippen LogP contribution in [-0.4, -0.2) is 63.9 Å². The van der Waals surface area contributed by atoms with Crippen LogP contribution in [0.4, 0.5) is 23.2 Å². The molecule has 1 unspecified atom stereocenters. The number of halogens is 4. The van der Waals surface area contributed by atoms with Crippen LogP contribution in [0.1, 0.15) is 71.6 Å². The highest BCUT2D eigenvalue weighted by Gasteiger charge is 2.36. The fourth-order valence-corrected chi connectivity index (χ4v) is 6.53. The molecule has 2 aromatic carbocycles. The average molecular weight is 621 g/mol. The fraction of sp³-hybridized carbons (Fsp3) is 0.394. The van der Waals surface area contributed by atoms with Gasteiger partial charge in [-0.2, -0.15) is 5.10 Å². The van der Waals surface area contributed by atoms with Crippen molar-refractivity contribution >= 4 is 23.1 Å². The number of fused-ring (bicyclic) bond motifs is 2. The zero-order valence-corrected chi connectivity index (χ0v) is 24.6. The van der Waals surface area contributed by atoms with Gasteiger partial charge in [-0.3, -0.25) is 9.59 Å². The van der Waals surface area contributed by atoms with E-state index in [9.17, 15) is 18.4 Å². The molecule has 4 heterocycles. The second kappa shape index (κ2) is 11.5. The second-order valence-electron chi connectivity index (χ2n) is 12.1. The summed E-state index contributed by atoms with van der Waals surface area (Å²) in [5.74, 6) is -1.57. The molecule has 4 aromatic rings. The van der Waals surface area contributed by atoms with Gasteiger partial charge in [0, 0.05) is 42.0 Å². The van der Waals surface area contributed by atoms with Crippen molar-refractivity contribution in [2.24, 2.45) is 5.92 Å². The number of hydrogen-bond donors (Lipinski definition) is 1. The van der Waals surface area contributed by atoms with Gasteiger partial charge in [0.25, 0.3) is 12.3 Å². The summed E-state index contributed by atoms with van der Waals surface area (Å²) in [6.45, 7) is 1.93. The Morgan fingerprint density at radius 2 is 1.80 bits per heavy atom. The summed E-state index contributed by atoms with van der Waals surface area (Å²) in [6.07, 6.45) is -1.56. The lowest BCUT2D eigenvalue weighted by Crippen LogP contribution is -2.40. The van der Waals surface area contributed by atoms with Crippen LogP contribution in [-0.2, 0) is 4.79 Å². The molecule has 3 aliphatic rings. The summed E-state index contributed by atoms with van der Waals surface area (Å²) in [5, 5.41) is 6.93. The number of nitrogens with zero attached hydrogens (tertiary/aromatic N) is 5. The maximum atomic E-state index is 15.6. The van der Waals surface area contributed by atoms with Crippen molar-refractivity contribution in [1.82, 2.24) is 24.8 Å². The highest BCUT2D eigenvalue weighted by molar-refractivity contribution is 5.93. The molecule has 0 bridgehead atoms. The van der Waals surface area contributed by atoms with Gasteiger partial charge in [0.05, 0.1) is 30.7 Å². The number of hydrogen-bond acceptors (Lipinski definition) is 5. The predicted octanol–water partition coefficient (Wildman–Crippen LogP) is 5.85. The number of benzene rings is 2. The topological polar surface area (TPSA) is 82.8 Å². The Labute approximate surface area is 257 Å². The Kier molecular flexibility index (Phi) is 7.45. The first kappa shape index (κ1) is 29.2. The summed E-state index contributed by atoms with van der Waals surface area (Å²) in [6, 6.07) is 15.0. The molecule has 1 saturated heterocycles. The van der Waals surface area contributed by atoms with Crippen LogP contribution in [0.2, 0.25) is 0 Å². The van der Waals surface area contributed by atoms with E-state index in [-0.39, 0.29) is 35.7 Å². The van der Waals surface area contributed by atoms with Crippen LogP contribution >= 0.6 is 0 Å². The normalized spacial score (nSPS) is 21.4. The minimum absolute atomic E-state index is 0.0666. The molecule has 2 aromatic heterocycles. The standard InChI is InChI=1S/C33H32F4N6O2/c1-18-22-4-2-3-5-23(22)26(35)17-42(18)33(45)28-13-29(19-6-7-19)43-31(39-28)14-27(40-43)24-9-8-21(12-25(24)34)41-11-10-20(16-41)32(44)38-15-30(36)37/h2-5,8-9,12-14,18-20,26,30H,6-7,10-11,15-17H2,1H3,(H,38,44)/t18-,20+,26?/m1/s1. The highest BCUT2D eigenvalue weighted by atomic mass is 19.3. The summed E-state index contributed by atoms with van der Waals surface area (Å²) >= 11 is 0. The van der Waals surface area contributed by atoms with Crippen LogP contribution < -0.4 is 10.2 Å². The zero-order valence-electron chi connectivity index (χ0n) is 24.6. The van der Waals surface area contributed by atoms with Crippen LogP contribution in [0.25, 0.3) is 16.9 Å². The van der Waals surface area contributed by atoms with Crippen molar-refractivity contribution in [3.05, 3.63) is 82.9 Å². The first-order valence-corrected chi connectivity index (χ1v) is 15.2. The Hall–Kier alpha value is -4.48. The van der Waals surface area contributed by atoms with Gasteiger partial charge >= 0.3 is 0 Å². The molecule has 12 heteroatoms. The van der Waals surface area contributed by atoms with Crippen LogP contribution in [0.5, 0.6) is 0 Å². The number of carbonyl (C=O) groups excluding carboxylic acids is 2. The average Bonchev–Trinajstić information content (AvgIpc) is 3.59. The first-order chi connectivity index (χ1) is 21.7. The third-order valence-corrected chi connectivity index (χ3v) is 9.12. The van der Waals surface area contributed by atoms with Gasteiger partial charge in [-0.15, -0.1) is 0 Å². The molecule has 1 saturated carbocycles. The molecule has 1 aliphatic carbocycles. The van der Waals surface area contributed by atoms with Gasteiger partial charge in [0.2, 0.25) is 5.91 Å². The zero-order chi connectivity index (χ0) is 31.4. The van der Waals surface area contributed by atoms with Crippen molar-refractivity contribution < 1.29 is 27.2 Å². The lowest BCUT2D eigenvalue weighted by atomic mass is 9.92. The van der Waals surface area contributed by atoms with Gasteiger partial charge in [0.15, 0.2) is 5.65 Å². The van der Waals surface area contributed by atoms with Gasteiger partial charge in [0.1, 0.15) is 17.7 Å². The summed E-state index contributed by atoms with van der Waals surface area (Å²) in [5.41, 5.74) is 3.98. The van der Waals surface area contributed by atoms with Gasteiger partial charge in [-0.05, 0) is 61.6 Å². The van der Waals surface area contributed by atoms with E-state index >= 15 is 8.78 Å². The van der Waals surface area contributed by atoms with E-state index in [0.29, 0.717) is 42.1 Å². The Morgan fingerprint density at radius 1 is 1.02 bits per heavy atom.